The Balaban J connectivity index is 2.38. The summed E-state index contributed by atoms with van der Waals surface area (Å²) in [4.78, 5) is 22.9. The SMILES string of the molecule is CCOc1cc(/C=C(\C#N)C(=O)Nc2cc([N+](=O)[O-])ccc2Cl)cc(I)c1OCC. The van der Waals surface area contributed by atoms with Crippen LogP contribution in [-0.2, 0) is 4.79 Å². The molecule has 2 aromatic carbocycles. The van der Waals surface area contributed by atoms with Gasteiger partial charge in [0.2, 0.25) is 0 Å². The van der Waals surface area contributed by atoms with Gasteiger partial charge in [-0.25, -0.2) is 0 Å². The summed E-state index contributed by atoms with van der Waals surface area (Å²) in [6.45, 7) is 4.57. The third-order valence-electron chi connectivity index (χ3n) is 3.71. The number of carbonyl (C=O) groups excluding carboxylic acids is 1. The van der Waals surface area contributed by atoms with E-state index in [1.54, 1.807) is 12.1 Å². The molecule has 1 N–H and O–H groups in total. The van der Waals surface area contributed by atoms with E-state index in [0.717, 1.165) is 9.64 Å². The molecule has 0 aliphatic carbocycles. The van der Waals surface area contributed by atoms with Gasteiger partial charge in [0.1, 0.15) is 11.6 Å². The summed E-state index contributed by atoms with van der Waals surface area (Å²) in [5, 5.41) is 22.9. The van der Waals surface area contributed by atoms with E-state index in [1.165, 1.54) is 18.2 Å². The van der Waals surface area contributed by atoms with Crippen molar-refractivity contribution in [2.24, 2.45) is 0 Å². The van der Waals surface area contributed by atoms with Crippen LogP contribution >= 0.6 is 34.2 Å². The third kappa shape index (κ3) is 5.84. The van der Waals surface area contributed by atoms with E-state index in [1.807, 2.05) is 19.9 Å². The van der Waals surface area contributed by atoms with E-state index in [4.69, 9.17) is 21.1 Å². The molecule has 0 fully saturated rings. The van der Waals surface area contributed by atoms with Crippen LogP contribution in [0.15, 0.2) is 35.9 Å². The summed E-state index contributed by atoms with van der Waals surface area (Å²) in [7, 11) is 0. The van der Waals surface area contributed by atoms with Crippen molar-refractivity contribution in [1.82, 2.24) is 0 Å². The highest BCUT2D eigenvalue weighted by Gasteiger charge is 2.16. The van der Waals surface area contributed by atoms with Gasteiger partial charge in [0, 0.05) is 12.1 Å². The van der Waals surface area contributed by atoms with Crippen molar-refractivity contribution >= 4 is 57.5 Å². The van der Waals surface area contributed by atoms with Gasteiger partial charge in [0.15, 0.2) is 11.5 Å². The van der Waals surface area contributed by atoms with Crippen molar-refractivity contribution in [2.45, 2.75) is 13.8 Å². The molecular weight excluding hydrogens is 525 g/mol. The van der Waals surface area contributed by atoms with Gasteiger partial charge < -0.3 is 14.8 Å². The van der Waals surface area contributed by atoms with Crippen LogP contribution < -0.4 is 14.8 Å². The molecule has 0 radical (unpaired) electrons. The highest BCUT2D eigenvalue weighted by Crippen LogP contribution is 2.35. The van der Waals surface area contributed by atoms with Gasteiger partial charge in [0.05, 0.1) is 32.4 Å². The van der Waals surface area contributed by atoms with Gasteiger partial charge in [-0.15, -0.1) is 0 Å². The summed E-state index contributed by atoms with van der Waals surface area (Å²) < 4.78 is 12.0. The number of nitro groups is 1. The molecule has 0 bridgehead atoms. The fourth-order valence-corrected chi connectivity index (χ4v) is 3.39. The van der Waals surface area contributed by atoms with Gasteiger partial charge in [-0.3, -0.25) is 14.9 Å². The number of ether oxygens (including phenoxy) is 2. The molecule has 0 aliphatic heterocycles. The number of nitrogens with zero attached hydrogens (tertiary/aromatic N) is 2. The minimum Gasteiger partial charge on any atom is -0.490 e. The molecular formula is C20H17ClIN3O5. The lowest BCUT2D eigenvalue weighted by atomic mass is 10.1. The number of halogens is 2. The summed E-state index contributed by atoms with van der Waals surface area (Å²) in [6, 6.07) is 8.90. The Morgan fingerprint density at radius 1 is 1.30 bits per heavy atom. The van der Waals surface area contributed by atoms with Crippen molar-refractivity contribution in [3.63, 3.8) is 0 Å². The van der Waals surface area contributed by atoms with Crippen molar-refractivity contribution in [3.8, 4) is 17.6 Å². The summed E-state index contributed by atoms with van der Waals surface area (Å²) >= 11 is 8.09. The van der Waals surface area contributed by atoms with Gasteiger partial charge in [0.25, 0.3) is 11.6 Å². The number of nitriles is 1. The zero-order chi connectivity index (χ0) is 22.3. The first-order chi connectivity index (χ1) is 14.3. The molecule has 0 saturated heterocycles. The molecule has 0 unspecified atom stereocenters. The molecule has 156 valence electrons. The molecule has 2 rings (SSSR count). The molecule has 0 saturated carbocycles. The first kappa shape index (κ1) is 23.4. The molecule has 1 amide bonds. The second kappa shape index (κ2) is 10.8. The molecule has 0 aromatic heterocycles. The first-order valence-electron chi connectivity index (χ1n) is 8.76. The zero-order valence-electron chi connectivity index (χ0n) is 16.1. The number of hydrogen-bond donors (Lipinski definition) is 1. The Morgan fingerprint density at radius 3 is 2.60 bits per heavy atom. The van der Waals surface area contributed by atoms with Crippen LogP contribution in [0.3, 0.4) is 0 Å². The number of hydrogen-bond acceptors (Lipinski definition) is 6. The van der Waals surface area contributed by atoms with E-state index in [9.17, 15) is 20.2 Å². The average Bonchev–Trinajstić information content (AvgIpc) is 2.70. The van der Waals surface area contributed by atoms with Gasteiger partial charge in [-0.05, 0) is 66.3 Å². The highest BCUT2D eigenvalue weighted by atomic mass is 127. The summed E-state index contributed by atoms with van der Waals surface area (Å²) in [6.07, 6.45) is 1.39. The number of benzene rings is 2. The smallest absolute Gasteiger partial charge is 0.271 e. The Morgan fingerprint density at radius 2 is 2.00 bits per heavy atom. The minimum absolute atomic E-state index is 0.0355. The van der Waals surface area contributed by atoms with E-state index in [-0.39, 0.29) is 22.0 Å². The maximum Gasteiger partial charge on any atom is 0.271 e. The number of nitro benzene ring substituents is 1. The van der Waals surface area contributed by atoms with Gasteiger partial charge in [-0.2, -0.15) is 5.26 Å². The largest absolute Gasteiger partial charge is 0.490 e. The van der Waals surface area contributed by atoms with Gasteiger partial charge >= 0.3 is 0 Å². The maximum absolute atomic E-state index is 12.6. The predicted octanol–water partition coefficient (Wildman–Crippen LogP) is 5.20. The van der Waals surface area contributed by atoms with Crippen LogP contribution in [0.5, 0.6) is 11.5 Å². The van der Waals surface area contributed by atoms with E-state index < -0.39 is 10.8 Å². The lowest BCUT2D eigenvalue weighted by Crippen LogP contribution is -2.14. The highest BCUT2D eigenvalue weighted by molar-refractivity contribution is 14.1. The van der Waals surface area contributed by atoms with Crippen LogP contribution in [0, 0.1) is 25.0 Å². The number of anilines is 1. The standard InChI is InChI=1S/C20H17ClIN3O5/c1-3-29-18-9-12(8-16(22)19(18)30-4-2)7-13(11-23)20(26)24-17-10-14(25(27)28)5-6-15(17)21/h5-10H,3-4H2,1-2H3,(H,24,26)/b13-7+. The average molecular weight is 542 g/mol. The van der Waals surface area contributed by atoms with Crippen molar-refractivity contribution in [2.75, 3.05) is 18.5 Å². The Bertz CT molecular complexity index is 1050. The number of amides is 1. The van der Waals surface area contributed by atoms with E-state index in [0.29, 0.717) is 30.3 Å². The van der Waals surface area contributed by atoms with Crippen LogP contribution in [0.2, 0.25) is 5.02 Å². The molecule has 0 aliphatic rings. The topological polar surface area (TPSA) is 114 Å². The number of non-ortho nitro benzene ring substituents is 1. The van der Waals surface area contributed by atoms with Crippen molar-refractivity contribution in [1.29, 1.82) is 5.26 Å². The Labute approximate surface area is 191 Å². The lowest BCUT2D eigenvalue weighted by Gasteiger charge is -2.13. The first-order valence-corrected chi connectivity index (χ1v) is 10.2. The molecule has 2 aromatic rings. The maximum atomic E-state index is 12.6. The fraction of sp³-hybridized carbons (Fsp3) is 0.200. The Hall–Kier alpha value is -2.84. The molecule has 30 heavy (non-hydrogen) atoms. The monoisotopic (exact) mass is 541 g/mol. The molecule has 0 spiro atoms. The summed E-state index contributed by atoms with van der Waals surface area (Å²) in [5.74, 6) is 0.335. The fourth-order valence-electron chi connectivity index (χ4n) is 2.45. The van der Waals surface area contributed by atoms with E-state index >= 15 is 0 Å². The number of nitrogens with one attached hydrogen (secondary N) is 1. The zero-order valence-corrected chi connectivity index (χ0v) is 19.0. The molecule has 0 heterocycles. The van der Waals surface area contributed by atoms with Crippen LogP contribution in [-0.4, -0.2) is 24.0 Å². The second-order valence-electron chi connectivity index (χ2n) is 5.74. The van der Waals surface area contributed by atoms with Crippen LogP contribution in [0.25, 0.3) is 6.08 Å². The van der Waals surface area contributed by atoms with Crippen molar-refractivity contribution in [3.05, 3.63) is 60.2 Å². The molecule has 0 atom stereocenters. The molecule has 8 nitrogen and oxygen atoms in total. The third-order valence-corrected chi connectivity index (χ3v) is 4.84. The molecule has 10 heteroatoms. The minimum atomic E-state index is -0.748. The normalized spacial score (nSPS) is 10.8. The quantitative estimate of drug-likeness (QED) is 0.162. The lowest BCUT2D eigenvalue weighted by molar-refractivity contribution is -0.384. The van der Waals surface area contributed by atoms with Crippen LogP contribution in [0.1, 0.15) is 19.4 Å². The van der Waals surface area contributed by atoms with Crippen LogP contribution in [0.4, 0.5) is 11.4 Å². The number of carbonyl (C=O) groups is 1. The second-order valence-corrected chi connectivity index (χ2v) is 7.31. The van der Waals surface area contributed by atoms with Crippen molar-refractivity contribution < 1.29 is 19.2 Å². The van der Waals surface area contributed by atoms with E-state index in [2.05, 4.69) is 27.9 Å². The number of rotatable bonds is 8. The Kier molecular flexibility index (Phi) is 8.44. The van der Waals surface area contributed by atoms with Gasteiger partial charge in [-0.1, -0.05) is 11.6 Å². The summed E-state index contributed by atoms with van der Waals surface area (Å²) in [5.41, 5.74) is 0.149. The predicted molar refractivity (Wildman–Crippen MR) is 122 cm³/mol.